The lowest BCUT2D eigenvalue weighted by Crippen LogP contribution is -2.39. The van der Waals surface area contributed by atoms with E-state index in [9.17, 15) is 4.79 Å². The van der Waals surface area contributed by atoms with Crippen molar-refractivity contribution in [2.75, 3.05) is 7.11 Å². The maximum absolute atomic E-state index is 11.9. The van der Waals surface area contributed by atoms with Crippen molar-refractivity contribution in [3.63, 3.8) is 0 Å². The molecule has 0 aliphatic heterocycles. The van der Waals surface area contributed by atoms with E-state index in [0.29, 0.717) is 5.92 Å². The first-order chi connectivity index (χ1) is 6.94. The third-order valence-corrected chi connectivity index (χ3v) is 3.95. The van der Waals surface area contributed by atoms with Gasteiger partial charge < -0.3 is 4.74 Å². The molecular weight excluding hydrogens is 188 g/mol. The minimum Gasteiger partial charge on any atom is -0.469 e. The number of hydrogen-bond acceptors (Lipinski definition) is 2. The van der Waals surface area contributed by atoms with Crippen LogP contribution in [0.2, 0.25) is 0 Å². The molecule has 1 aliphatic carbocycles. The summed E-state index contributed by atoms with van der Waals surface area (Å²) >= 11 is 0. The zero-order chi connectivity index (χ0) is 11.6. The van der Waals surface area contributed by atoms with Crippen molar-refractivity contribution in [2.24, 2.45) is 11.3 Å². The van der Waals surface area contributed by atoms with E-state index in [2.05, 4.69) is 27.7 Å². The van der Waals surface area contributed by atoms with Gasteiger partial charge in [-0.2, -0.15) is 0 Å². The molecule has 0 saturated heterocycles. The summed E-state index contributed by atoms with van der Waals surface area (Å²) in [6, 6.07) is 0. The van der Waals surface area contributed by atoms with Crippen LogP contribution in [0.3, 0.4) is 0 Å². The molecule has 2 nitrogen and oxygen atoms in total. The van der Waals surface area contributed by atoms with Crippen LogP contribution in [0.1, 0.15) is 47.0 Å². The third kappa shape index (κ3) is 2.09. The topological polar surface area (TPSA) is 26.3 Å². The normalized spacial score (nSPS) is 27.1. The van der Waals surface area contributed by atoms with Crippen LogP contribution < -0.4 is 0 Å². The van der Waals surface area contributed by atoms with Crippen LogP contribution in [-0.2, 0) is 9.53 Å². The first-order valence-electron chi connectivity index (χ1n) is 5.67. The number of methoxy groups -OCH3 is 1. The highest BCUT2D eigenvalue weighted by atomic mass is 16.5. The summed E-state index contributed by atoms with van der Waals surface area (Å²) in [5, 5.41) is 0. The molecule has 0 N–H and O–H groups in total. The quantitative estimate of drug-likeness (QED) is 0.516. The van der Waals surface area contributed by atoms with Crippen LogP contribution in [0.15, 0.2) is 11.1 Å². The molecule has 1 atom stereocenters. The smallest absolute Gasteiger partial charge is 0.312 e. The third-order valence-electron chi connectivity index (χ3n) is 3.95. The van der Waals surface area contributed by atoms with Gasteiger partial charge >= 0.3 is 5.97 Å². The molecular formula is C13H22O2. The Labute approximate surface area is 92.7 Å². The molecule has 0 fully saturated rings. The predicted molar refractivity (Wildman–Crippen MR) is 61.5 cm³/mol. The fourth-order valence-corrected chi connectivity index (χ4v) is 2.44. The Morgan fingerprint density at radius 1 is 1.33 bits per heavy atom. The second-order valence-corrected chi connectivity index (χ2v) is 5.04. The molecule has 0 radical (unpaired) electrons. The SMILES string of the molecule is COC(=O)[C@]1(C(C)C)CCC(C)=C(C)C1. The van der Waals surface area contributed by atoms with E-state index in [-0.39, 0.29) is 11.4 Å². The van der Waals surface area contributed by atoms with Gasteiger partial charge in [0.05, 0.1) is 12.5 Å². The van der Waals surface area contributed by atoms with Crippen molar-refractivity contribution in [1.29, 1.82) is 0 Å². The Morgan fingerprint density at radius 2 is 1.93 bits per heavy atom. The number of carbonyl (C=O) groups excluding carboxylic acids is 1. The predicted octanol–water partition coefficient (Wildman–Crippen LogP) is 3.32. The number of allylic oxidation sites excluding steroid dienone is 2. The van der Waals surface area contributed by atoms with Crippen LogP contribution in [0.5, 0.6) is 0 Å². The zero-order valence-corrected chi connectivity index (χ0v) is 10.5. The fraction of sp³-hybridized carbons (Fsp3) is 0.769. The van der Waals surface area contributed by atoms with Crippen molar-refractivity contribution in [3.8, 4) is 0 Å². The first-order valence-corrected chi connectivity index (χ1v) is 5.67. The highest BCUT2D eigenvalue weighted by Crippen LogP contribution is 2.45. The van der Waals surface area contributed by atoms with Gasteiger partial charge in [-0.15, -0.1) is 0 Å². The van der Waals surface area contributed by atoms with Crippen LogP contribution in [0.25, 0.3) is 0 Å². The number of ether oxygens (including phenoxy) is 1. The van der Waals surface area contributed by atoms with E-state index in [4.69, 9.17) is 4.74 Å². The van der Waals surface area contributed by atoms with Gasteiger partial charge in [0.25, 0.3) is 0 Å². The number of esters is 1. The highest BCUT2D eigenvalue weighted by Gasteiger charge is 2.44. The Kier molecular flexibility index (Phi) is 3.58. The Bertz CT molecular complexity index is 289. The summed E-state index contributed by atoms with van der Waals surface area (Å²) in [5.74, 6) is 0.303. The summed E-state index contributed by atoms with van der Waals surface area (Å²) in [7, 11) is 1.49. The molecule has 0 aromatic rings. The van der Waals surface area contributed by atoms with Crippen molar-refractivity contribution in [3.05, 3.63) is 11.1 Å². The summed E-state index contributed by atoms with van der Waals surface area (Å²) < 4.78 is 4.98. The van der Waals surface area contributed by atoms with E-state index in [0.717, 1.165) is 19.3 Å². The molecule has 0 bridgehead atoms. The molecule has 1 rings (SSSR count). The van der Waals surface area contributed by atoms with E-state index in [1.165, 1.54) is 18.3 Å². The molecule has 86 valence electrons. The second kappa shape index (κ2) is 4.38. The van der Waals surface area contributed by atoms with E-state index >= 15 is 0 Å². The maximum Gasteiger partial charge on any atom is 0.312 e. The van der Waals surface area contributed by atoms with Crippen LogP contribution in [0, 0.1) is 11.3 Å². The lowest BCUT2D eigenvalue weighted by molar-refractivity contribution is -0.156. The van der Waals surface area contributed by atoms with Gasteiger partial charge in [-0.1, -0.05) is 25.0 Å². The lowest BCUT2D eigenvalue weighted by Gasteiger charge is -2.38. The molecule has 0 unspecified atom stereocenters. The van der Waals surface area contributed by atoms with Crippen LogP contribution in [-0.4, -0.2) is 13.1 Å². The largest absolute Gasteiger partial charge is 0.469 e. The van der Waals surface area contributed by atoms with Crippen LogP contribution in [0.4, 0.5) is 0 Å². The molecule has 0 aromatic heterocycles. The highest BCUT2D eigenvalue weighted by molar-refractivity contribution is 5.77. The summed E-state index contributed by atoms with van der Waals surface area (Å²) in [4.78, 5) is 11.9. The molecule has 0 heterocycles. The number of hydrogen-bond donors (Lipinski definition) is 0. The molecule has 0 aromatic carbocycles. The lowest BCUT2D eigenvalue weighted by atomic mass is 9.65. The first kappa shape index (κ1) is 12.3. The summed E-state index contributed by atoms with van der Waals surface area (Å²) in [5.41, 5.74) is 2.52. The Hall–Kier alpha value is -0.790. The molecule has 0 saturated carbocycles. The molecule has 0 spiro atoms. The Balaban J connectivity index is 3.01. The van der Waals surface area contributed by atoms with E-state index in [1.807, 2.05) is 0 Å². The molecule has 0 amide bonds. The number of rotatable bonds is 2. The zero-order valence-electron chi connectivity index (χ0n) is 10.5. The van der Waals surface area contributed by atoms with Crippen molar-refractivity contribution < 1.29 is 9.53 Å². The van der Waals surface area contributed by atoms with Gasteiger partial charge in [-0.3, -0.25) is 4.79 Å². The molecule has 2 heteroatoms. The second-order valence-electron chi connectivity index (χ2n) is 5.04. The van der Waals surface area contributed by atoms with Gasteiger partial charge in [-0.25, -0.2) is 0 Å². The van der Waals surface area contributed by atoms with Gasteiger partial charge in [0.2, 0.25) is 0 Å². The standard InChI is InChI=1S/C13H22O2/c1-9(2)13(12(14)15-5)7-6-10(3)11(4)8-13/h9H,6-8H2,1-5H3/t13-/m1/s1. The van der Waals surface area contributed by atoms with Crippen LogP contribution >= 0.6 is 0 Å². The van der Waals surface area contributed by atoms with Gasteiger partial charge in [0, 0.05) is 0 Å². The summed E-state index contributed by atoms with van der Waals surface area (Å²) in [6.45, 7) is 8.53. The minimum atomic E-state index is -0.279. The van der Waals surface area contributed by atoms with E-state index < -0.39 is 0 Å². The average molecular weight is 210 g/mol. The summed E-state index contributed by atoms with van der Waals surface area (Å²) in [6.07, 6.45) is 2.82. The van der Waals surface area contributed by atoms with Crippen molar-refractivity contribution in [2.45, 2.75) is 47.0 Å². The molecule has 15 heavy (non-hydrogen) atoms. The van der Waals surface area contributed by atoms with Gasteiger partial charge in [0.1, 0.15) is 0 Å². The van der Waals surface area contributed by atoms with Crippen molar-refractivity contribution >= 4 is 5.97 Å². The van der Waals surface area contributed by atoms with Crippen molar-refractivity contribution in [1.82, 2.24) is 0 Å². The van der Waals surface area contributed by atoms with E-state index in [1.54, 1.807) is 0 Å². The average Bonchev–Trinajstić information content (AvgIpc) is 2.20. The Morgan fingerprint density at radius 3 is 2.33 bits per heavy atom. The maximum atomic E-state index is 11.9. The molecule has 1 aliphatic rings. The monoisotopic (exact) mass is 210 g/mol. The minimum absolute atomic E-state index is 0.0376. The van der Waals surface area contributed by atoms with Gasteiger partial charge in [-0.05, 0) is 39.0 Å². The fourth-order valence-electron chi connectivity index (χ4n) is 2.44. The van der Waals surface area contributed by atoms with Gasteiger partial charge in [0.15, 0.2) is 0 Å². The number of carbonyl (C=O) groups is 1.